The molecule has 1 atom stereocenters. The van der Waals surface area contributed by atoms with Crippen molar-refractivity contribution in [1.29, 1.82) is 5.26 Å². The standard InChI is InChI=1S/C19H18N4O3/c1-21-19(25)17-11-23(15-8-4-5-9-16(15)26-17)12-18(24)22-14-7-3-2-6-13(14)10-20/h2-9,17H,11-12H2,1H3,(H,21,25)(H,22,24)/t17-/m1/s1. The first kappa shape index (κ1) is 17.3. The minimum Gasteiger partial charge on any atom is -0.477 e. The molecule has 2 aromatic carbocycles. The lowest BCUT2D eigenvalue weighted by atomic mass is 10.1. The molecule has 7 nitrogen and oxygen atoms in total. The minimum absolute atomic E-state index is 0.0353. The number of fused-ring (bicyclic) bond motifs is 1. The van der Waals surface area contributed by atoms with E-state index in [2.05, 4.69) is 10.6 Å². The molecule has 0 unspecified atom stereocenters. The number of para-hydroxylation sites is 3. The quantitative estimate of drug-likeness (QED) is 0.872. The van der Waals surface area contributed by atoms with Crippen LogP contribution >= 0.6 is 0 Å². The molecule has 1 aliphatic rings. The Hall–Kier alpha value is -3.53. The first-order valence-corrected chi connectivity index (χ1v) is 8.13. The second kappa shape index (κ2) is 7.57. The summed E-state index contributed by atoms with van der Waals surface area (Å²) in [5.41, 5.74) is 1.60. The third kappa shape index (κ3) is 3.59. The molecule has 2 aromatic rings. The number of anilines is 2. The van der Waals surface area contributed by atoms with Gasteiger partial charge in [0.1, 0.15) is 11.8 Å². The Labute approximate surface area is 151 Å². The summed E-state index contributed by atoms with van der Waals surface area (Å²) in [7, 11) is 1.54. The van der Waals surface area contributed by atoms with Crippen LogP contribution in [0, 0.1) is 11.3 Å². The van der Waals surface area contributed by atoms with Gasteiger partial charge >= 0.3 is 0 Å². The summed E-state index contributed by atoms with van der Waals surface area (Å²) in [6, 6.07) is 16.1. The van der Waals surface area contributed by atoms with Gasteiger partial charge in [-0.15, -0.1) is 0 Å². The van der Waals surface area contributed by atoms with Crippen LogP contribution in [-0.4, -0.2) is 38.1 Å². The van der Waals surface area contributed by atoms with Crippen LogP contribution in [0.25, 0.3) is 0 Å². The molecule has 1 heterocycles. The molecule has 0 aliphatic carbocycles. The molecule has 132 valence electrons. The van der Waals surface area contributed by atoms with Crippen molar-refractivity contribution in [1.82, 2.24) is 5.32 Å². The molecule has 3 rings (SSSR count). The lowest BCUT2D eigenvalue weighted by Crippen LogP contribution is -2.50. The molecule has 0 aromatic heterocycles. The summed E-state index contributed by atoms with van der Waals surface area (Å²) in [4.78, 5) is 26.3. The summed E-state index contributed by atoms with van der Waals surface area (Å²) in [6.45, 7) is 0.289. The lowest BCUT2D eigenvalue weighted by Gasteiger charge is -2.35. The van der Waals surface area contributed by atoms with E-state index in [1.165, 1.54) is 0 Å². The van der Waals surface area contributed by atoms with Gasteiger partial charge in [0, 0.05) is 7.05 Å². The molecule has 0 saturated carbocycles. The highest BCUT2D eigenvalue weighted by atomic mass is 16.5. The number of hydrogen-bond donors (Lipinski definition) is 2. The smallest absolute Gasteiger partial charge is 0.262 e. The van der Waals surface area contributed by atoms with E-state index in [4.69, 9.17) is 10.00 Å². The average Bonchev–Trinajstić information content (AvgIpc) is 2.67. The van der Waals surface area contributed by atoms with Crippen molar-refractivity contribution >= 4 is 23.2 Å². The van der Waals surface area contributed by atoms with Crippen LogP contribution in [-0.2, 0) is 9.59 Å². The fraction of sp³-hybridized carbons (Fsp3) is 0.211. The van der Waals surface area contributed by atoms with Gasteiger partial charge in [-0.3, -0.25) is 9.59 Å². The third-order valence-electron chi connectivity index (χ3n) is 4.06. The number of benzene rings is 2. The SMILES string of the molecule is CNC(=O)[C@H]1CN(CC(=O)Nc2ccccc2C#N)c2ccccc2O1. The highest BCUT2D eigenvalue weighted by Gasteiger charge is 2.31. The first-order chi connectivity index (χ1) is 12.6. The number of carbonyl (C=O) groups excluding carboxylic acids is 2. The van der Waals surface area contributed by atoms with Crippen LogP contribution in [0.4, 0.5) is 11.4 Å². The molecule has 26 heavy (non-hydrogen) atoms. The molecule has 0 radical (unpaired) electrons. The van der Waals surface area contributed by atoms with Gasteiger partial charge in [0.15, 0.2) is 6.10 Å². The topological polar surface area (TPSA) is 94.5 Å². The zero-order valence-corrected chi connectivity index (χ0v) is 14.2. The zero-order chi connectivity index (χ0) is 18.5. The number of ether oxygens (including phenoxy) is 1. The predicted octanol–water partition coefficient (Wildman–Crippen LogP) is 1.51. The molecule has 0 spiro atoms. The highest BCUT2D eigenvalue weighted by Crippen LogP contribution is 2.33. The van der Waals surface area contributed by atoms with E-state index in [0.717, 1.165) is 5.69 Å². The number of rotatable bonds is 4. The zero-order valence-electron chi connectivity index (χ0n) is 14.2. The van der Waals surface area contributed by atoms with Gasteiger partial charge < -0.3 is 20.3 Å². The number of likely N-dealkylation sites (N-methyl/N-ethyl adjacent to an activating group) is 1. The normalized spacial score (nSPS) is 15.2. The van der Waals surface area contributed by atoms with Gasteiger partial charge in [0.2, 0.25) is 5.91 Å². The number of carbonyl (C=O) groups is 2. The Morgan fingerprint density at radius 3 is 2.73 bits per heavy atom. The van der Waals surface area contributed by atoms with E-state index in [1.54, 1.807) is 42.3 Å². The van der Waals surface area contributed by atoms with E-state index >= 15 is 0 Å². The summed E-state index contributed by atoms with van der Waals surface area (Å²) >= 11 is 0. The second-order valence-corrected chi connectivity index (χ2v) is 5.77. The van der Waals surface area contributed by atoms with E-state index in [0.29, 0.717) is 17.0 Å². The summed E-state index contributed by atoms with van der Waals surface area (Å²) in [5, 5.41) is 14.5. The second-order valence-electron chi connectivity index (χ2n) is 5.77. The number of nitrogens with one attached hydrogen (secondary N) is 2. The maximum atomic E-state index is 12.5. The average molecular weight is 350 g/mol. The van der Waals surface area contributed by atoms with Gasteiger partial charge in [-0.1, -0.05) is 24.3 Å². The van der Waals surface area contributed by atoms with Crippen LogP contribution < -0.4 is 20.3 Å². The molecule has 7 heteroatoms. The van der Waals surface area contributed by atoms with E-state index in [9.17, 15) is 9.59 Å². The molecule has 0 bridgehead atoms. The third-order valence-corrected chi connectivity index (χ3v) is 4.06. The molecule has 2 N–H and O–H groups in total. The molecular weight excluding hydrogens is 332 g/mol. The Balaban J connectivity index is 1.78. The van der Waals surface area contributed by atoms with Crippen LogP contribution in [0.2, 0.25) is 0 Å². The molecule has 1 aliphatic heterocycles. The Morgan fingerprint density at radius 1 is 1.23 bits per heavy atom. The summed E-state index contributed by atoms with van der Waals surface area (Å²) < 4.78 is 5.72. The lowest BCUT2D eigenvalue weighted by molar-refractivity contribution is -0.127. The highest BCUT2D eigenvalue weighted by molar-refractivity contribution is 5.96. The molecule has 0 saturated heterocycles. The fourth-order valence-corrected chi connectivity index (χ4v) is 2.81. The van der Waals surface area contributed by atoms with Crippen LogP contribution in [0.5, 0.6) is 5.75 Å². The van der Waals surface area contributed by atoms with Gasteiger partial charge in [0.25, 0.3) is 5.91 Å². The number of nitriles is 1. The molecule has 0 fully saturated rings. The fourth-order valence-electron chi connectivity index (χ4n) is 2.81. The number of hydrogen-bond acceptors (Lipinski definition) is 5. The Bertz CT molecular complexity index is 875. The van der Waals surface area contributed by atoms with Gasteiger partial charge in [-0.25, -0.2) is 0 Å². The number of amides is 2. The largest absolute Gasteiger partial charge is 0.477 e. The monoisotopic (exact) mass is 350 g/mol. The molecule has 2 amide bonds. The van der Waals surface area contributed by atoms with Crippen molar-refractivity contribution in [2.45, 2.75) is 6.10 Å². The number of nitrogens with zero attached hydrogens (tertiary/aromatic N) is 2. The summed E-state index contributed by atoms with van der Waals surface area (Å²) in [5.74, 6) is 0.0253. The van der Waals surface area contributed by atoms with E-state index in [-0.39, 0.29) is 24.9 Å². The van der Waals surface area contributed by atoms with Crippen molar-refractivity contribution in [2.24, 2.45) is 0 Å². The van der Waals surface area contributed by atoms with Gasteiger partial charge in [0.05, 0.1) is 30.0 Å². The van der Waals surface area contributed by atoms with Gasteiger partial charge in [-0.2, -0.15) is 5.26 Å². The van der Waals surface area contributed by atoms with Crippen molar-refractivity contribution in [2.75, 3.05) is 30.4 Å². The molecular formula is C19H18N4O3. The maximum Gasteiger partial charge on any atom is 0.262 e. The maximum absolute atomic E-state index is 12.5. The van der Waals surface area contributed by atoms with E-state index in [1.807, 2.05) is 24.3 Å². The van der Waals surface area contributed by atoms with Crippen molar-refractivity contribution in [3.8, 4) is 11.8 Å². The first-order valence-electron chi connectivity index (χ1n) is 8.13. The van der Waals surface area contributed by atoms with Gasteiger partial charge in [-0.05, 0) is 24.3 Å². The Morgan fingerprint density at radius 2 is 1.96 bits per heavy atom. The van der Waals surface area contributed by atoms with Crippen molar-refractivity contribution in [3.05, 3.63) is 54.1 Å². The summed E-state index contributed by atoms with van der Waals surface area (Å²) in [6.07, 6.45) is -0.700. The van der Waals surface area contributed by atoms with Crippen LogP contribution in [0.3, 0.4) is 0 Å². The predicted molar refractivity (Wildman–Crippen MR) is 96.9 cm³/mol. The minimum atomic E-state index is -0.700. The van der Waals surface area contributed by atoms with Crippen molar-refractivity contribution in [3.63, 3.8) is 0 Å². The van der Waals surface area contributed by atoms with Crippen LogP contribution in [0.15, 0.2) is 48.5 Å². The Kier molecular flexibility index (Phi) is 5.04. The van der Waals surface area contributed by atoms with E-state index < -0.39 is 6.10 Å². The van der Waals surface area contributed by atoms with Crippen molar-refractivity contribution < 1.29 is 14.3 Å². The van der Waals surface area contributed by atoms with Crippen LogP contribution in [0.1, 0.15) is 5.56 Å².